The highest BCUT2D eigenvalue weighted by atomic mass is 19.2. The van der Waals surface area contributed by atoms with Crippen molar-refractivity contribution in [1.29, 1.82) is 0 Å². The standard InChI is InChI=1S/C14H13F3N2/c1-9-3-5-10(6-4-9)8-19(2)14-12(16)7-11(15)13(17)18-14/h3-7H,8H2,1-2H3. The molecule has 5 heteroatoms. The first-order valence-corrected chi connectivity index (χ1v) is 5.75. The van der Waals surface area contributed by atoms with E-state index in [-0.39, 0.29) is 5.82 Å². The van der Waals surface area contributed by atoms with Crippen LogP contribution in [0.2, 0.25) is 0 Å². The molecule has 0 aliphatic rings. The predicted molar refractivity (Wildman–Crippen MR) is 67.4 cm³/mol. The minimum absolute atomic E-state index is 0.209. The Balaban J connectivity index is 2.22. The monoisotopic (exact) mass is 266 g/mol. The fraction of sp³-hybridized carbons (Fsp3) is 0.214. The second-order valence-corrected chi connectivity index (χ2v) is 4.41. The van der Waals surface area contributed by atoms with E-state index in [0.717, 1.165) is 11.1 Å². The van der Waals surface area contributed by atoms with Crippen molar-refractivity contribution in [3.05, 3.63) is 59.0 Å². The van der Waals surface area contributed by atoms with Crippen molar-refractivity contribution >= 4 is 5.82 Å². The third kappa shape index (κ3) is 3.05. The zero-order valence-corrected chi connectivity index (χ0v) is 10.6. The minimum atomic E-state index is -1.30. The van der Waals surface area contributed by atoms with Crippen LogP contribution in [0.15, 0.2) is 30.3 Å². The lowest BCUT2D eigenvalue weighted by molar-refractivity contribution is 0.463. The van der Waals surface area contributed by atoms with E-state index >= 15 is 0 Å². The summed E-state index contributed by atoms with van der Waals surface area (Å²) in [5.74, 6) is -3.68. The summed E-state index contributed by atoms with van der Waals surface area (Å²) in [6, 6.07) is 8.15. The van der Waals surface area contributed by atoms with Gasteiger partial charge in [-0.25, -0.2) is 8.78 Å². The van der Waals surface area contributed by atoms with Crippen LogP contribution in [0.5, 0.6) is 0 Å². The van der Waals surface area contributed by atoms with Crippen molar-refractivity contribution in [3.63, 3.8) is 0 Å². The molecule has 0 N–H and O–H groups in total. The molecule has 0 atom stereocenters. The predicted octanol–water partition coefficient (Wildman–Crippen LogP) is 3.44. The van der Waals surface area contributed by atoms with Crippen LogP contribution in [0.3, 0.4) is 0 Å². The van der Waals surface area contributed by atoms with Crippen LogP contribution in [-0.2, 0) is 6.54 Å². The molecular formula is C14H13F3N2. The molecule has 1 aromatic carbocycles. The molecule has 19 heavy (non-hydrogen) atoms. The van der Waals surface area contributed by atoms with Gasteiger partial charge < -0.3 is 4.90 Å². The highest BCUT2D eigenvalue weighted by Gasteiger charge is 2.15. The average molecular weight is 266 g/mol. The van der Waals surface area contributed by atoms with Gasteiger partial charge in [-0.1, -0.05) is 29.8 Å². The van der Waals surface area contributed by atoms with E-state index in [1.54, 1.807) is 7.05 Å². The van der Waals surface area contributed by atoms with E-state index in [9.17, 15) is 13.2 Å². The van der Waals surface area contributed by atoms with Crippen LogP contribution in [0, 0.1) is 24.5 Å². The van der Waals surface area contributed by atoms with Crippen LogP contribution in [0.1, 0.15) is 11.1 Å². The molecule has 2 nitrogen and oxygen atoms in total. The lowest BCUT2D eigenvalue weighted by atomic mass is 10.1. The normalized spacial score (nSPS) is 10.6. The van der Waals surface area contributed by atoms with E-state index in [1.807, 2.05) is 31.2 Å². The summed E-state index contributed by atoms with van der Waals surface area (Å²) in [4.78, 5) is 4.73. The lowest BCUT2D eigenvalue weighted by Crippen LogP contribution is -2.20. The Bertz CT molecular complexity index is 582. The molecule has 100 valence electrons. The summed E-state index contributed by atoms with van der Waals surface area (Å²) in [5, 5.41) is 0. The van der Waals surface area contributed by atoms with Crippen LogP contribution in [0.25, 0.3) is 0 Å². The zero-order valence-electron chi connectivity index (χ0n) is 10.6. The second kappa shape index (κ2) is 5.30. The molecule has 0 saturated carbocycles. The molecule has 0 saturated heterocycles. The maximum Gasteiger partial charge on any atom is 0.251 e. The third-order valence-electron chi connectivity index (χ3n) is 2.77. The van der Waals surface area contributed by atoms with Gasteiger partial charge >= 0.3 is 0 Å². The fourth-order valence-electron chi connectivity index (χ4n) is 1.75. The second-order valence-electron chi connectivity index (χ2n) is 4.41. The quantitative estimate of drug-likeness (QED) is 0.791. The SMILES string of the molecule is Cc1ccc(CN(C)c2nc(F)c(F)cc2F)cc1. The Morgan fingerprint density at radius 3 is 2.32 bits per heavy atom. The molecule has 0 aliphatic carbocycles. The summed E-state index contributed by atoms with van der Waals surface area (Å²) < 4.78 is 39.4. The number of aromatic nitrogens is 1. The molecule has 1 aromatic heterocycles. The lowest BCUT2D eigenvalue weighted by Gasteiger charge is -2.19. The average Bonchev–Trinajstić information content (AvgIpc) is 2.36. The van der Waals surface area contributed by atoms with Gasteiger partial charge in [-0.3, -0.25) is 0 Å². The van der Waals surface area contributed by atoms with Crippen molar-refractivity contribution < 1.29 is 13.2 Å². The molecule has 0 radical (unpaired) electrons. The molecule has 0 spiro atoms. The van der Waals surface area contributed by atoms with E-state index < -0.39 is 17.6 Å². The molecule has 1 heterocycles. The van der Waals surface area contributed by atoms with Gasteiger partial charge in [0.15, 0.2) is 17.5 Å². The largest absolute Gasteiger partial charge is 0.353 e. The van der Waals surface area contributed by atoms with Gasteiger partial charge in [0.05, 0.1) is 0 Å². The molecule has 0 bridgehead atoms. The first-order chi connectivity index (χ1) is 8.97. The smallest absolute Gasteiger partial charge is 0.251 e. The maximum atomic E-state index is 13.5. The summed E-state index contributed by atoms with van der Waals surface area (Å²) in [6.07, 6.45) is 0. The van der Waals surface area contributed by atoms with Crippen LogP contribution >= 0.6 is 0 Å². The molecule has 2 aromatic rings. The minimum Gasteiger partial charge on any atom is -0.353 e. The van der Waals surface area contributed by atoms with Gasteiger partial charge in [0, 0.05) is 19.7 Å². The highest BCUT2D eigenvalue weighted by molar-refractivity contribution is 5.40. The summed E-state index contributed by atoms with van der Waals surface area (Å²) in [7, 11) is 1.57. The number of halogens is 3. The zero-order chi connectivity index (χ0) is 14.0. The number of anilines is 1. The van der Waals surface area contributed by atoms with Crippen LogP contribution in [-0.4, -0.2) is 12.0 Å². The Morgan fingerprint density at radius 2 is 1.68 bits per heavy atom. The number of aryl methyl sites for hydroxylation is 1. The summed E-state index contributed by atoms with van der Waals surface area (Å²) >= 11 is 0. The first kappa shape index (κ1) is 13.4. The molecule has 0 fully saturated rings. The summed E-state index contributed by atoms with van der Waals surface area (Å²) in [5.41, 5.74) is 2.04. The highest BCUT2D eigenvalue weighted by Crippen LogP contribution is 2.19. The van der Waals surface area contributed by atoms with E-state index in [1.165, 1.54) is 4.90 Å². The molecule has 0 unspecified atom stereocenters. The molecule has 2 rings (SSSR count). The molecule has 0 aliphatic heterocycles. The van der Waals surface area contributed by atoms with Crippen molar-refractivity contribution in [2.45, 2.75) is 13.5 Å². The van der Waals surface area contributed by atoms with Gasteiger partial charge in [0.1, 0.15) is 0 Å². The number of rotatable bonds is 3. The number of benzene rings is 1. The maximum absolute atomic E-state index is 13.5. The molecule has 0 amide bonds. The topological polar surface area (TPSA) is 16.1 Å². The number of pyridine rings is 1. The Kier molecular flexibility index (Phi) is 3.74. The van der Waals surface area contributed by atoms with Crippen molar-refractivity contribution in [3.8, 4) is 0 Å². The first-order valence-electron chi connectivity index (χ1n) is 5.75. The fourth-order valence-corrected chi connectivity index (χ4v) is 1.75. The van der Waals surface area contributed by atoms with Gasteiger partial charge in [-0.15, -0.1) is 0 Å². The van der Waals surface area contributed by atoms with Gasteiger partial charge in [-0.05, 0) is 12.5 Å². The van der Waals surface area contributed by atoms with Gasteiger partial charge in [0.2, 0.25) is 0 Å². The van der Waals surface area contributed by atoms with Crippen LogP contribution < -0.4 is 4.90 Å². The summed E-state index contributed by atoms with van der Waals surface area (Å²) in [6.45, 7) is 2.32. The number of hydrogen-bond donors (Lipinski definition) is 0. The van der Waals surface area contributed by atoms with E-state index in [0.29, 0.717) is 12.6 Å². The van der Waals surface area contributed by atoms with Gasteiger partial charge in [0.25, 0.3) is 5.95 Å². The van der Waals surface area contributed by atoms with Crippen molar-refractivity contribution in [1.82, 2.24) is 4.98 Å². The van der Waals surface area contributed by atoms with Crippen molar-refractivity contribution in [2.75, 3.05) is 11.9 Å². The van der Waals surface area contributed by atoms with E-state index in [2.05, 4.69) is 4.98 Å². The Labute approximate surface area is 109 Å². The number of nitrogens with zero attached hydrogens (tertiary/aromatic N) is 2. The van der Waals surface area contributed by atoms with Crippen molar-refractivity contribution in [2.24, 2.45) is 0 Å². The Morgan fingerprint density at radius 1 is 1.05 bits per heavy atom. The third-order valence-corrected chi connectivity index (χ3v) is 2.77. The molecular weight excluding hydrogens is 253 g/mol. The van der Waals surface area contributed by atoms with Gasteiger partial charge in [-0.2, -0.15) is 9.37 Å². The number of hydrogen-bond acceptors (Lipinski definition) is 2. The van der Waals surface area contributed by atoms with Crippen LogP contribution in [0.4, 0.5) is 19.0 Å². The Hall–Kier alpha value is -2.04. The van der Waals surface area contributed by atoms with E-state index in [4.69, 9.17) is 0 Å².